The number of aromatic nitrogens is 4. The number of nitrogens with zero attached hydrogens (tertiary/aromatic N) is 4. The van der Waals surface area contributed by atoms with Gasteiger partial charge in [-0.1, -0.05) is 23.4 Å². The number of hydrogen-bond acceptors (Lipinski definition) is 6. The molecule has 194 valence electrons. The van der Waals surface area contributed by atoms with Crippen LogP contribution in [0.1, 0.15) is 46.8 Å². The van der Waals surface area contributed by atoms with Gasteiger partial charge in [-0.2, -0.15) is 0 Å². The van der Waals surface area contributed by atoms with Gasteiger partial charge in [0.25, 0.3) is 0 Å². The zero-order valence-corrected chi connectivity index (χ0v) is 20.5. The normalized spacial score (nSPS) is 11.8. The van der Waals surface area contributed by atoms with Crippen LogP contribution >= 0.6 is 0 Å². The maximum absolute atomic E-state index is 12.3. The number of benzene rings is 2. The van der Waals surface area contributed by atoms with E-state index in [2.05, 4.69) is 33.0 Å². The minimum absolute atomic E-state index is 0.248. The molecule has 2 heterocycles. The van der Waals surface area contributed by atoms with Crippen molar-refractivity contribution in [1.82, 2.24) is 20.0 Å². The van der Waals surface area contributed by atoms with Crippen molar-refractivity contribution in [3.63, 3.8) is 0 Å². The second kappa shape index (κ2) is 11.8. The Hall–Kier alpha value is -4.08. The topological polar surface area (TPSA) is 75.2 Å². The molecule has 0 atom stereocenters. The Bertz CT molecular complexity index is 1330. The number of ether oxygens (including phenoxy) is 2. The number of halogens is 3. The summed E-state index contributed by atoms with van der Waals surface area (Å²) in [7, 11) is 1.87. The fourth-order valence-electron chi connectivity index (χ4n) is 3.74. The quantitative estimate of drug-likeness (QED) is 0.219. The summed E-state index contributed by atoms with van der Waals surface area (Å²) in [5.41, 5.74) is 4.78. The Labute approximate surface area is 212 Å². The predicted octanol–water partition coefficient (Wildman–Crippen LogP) is 6.32. The van der Waals surface area contributed by atoms with Crippen molar-refractivity contribution in [3.05, 3.63) is 88.9 Å². The second-order valence-corrected chi connectivity index (χ2v) is 8.59. The van der Waals surface area contributed by atoms with Crippen molar-refractivity contribution in [3.8, 4) is 11.5 Å². The van der Waals surface area contributed by atoms with Gasteiger partial charge >= 0.3 is 6.36 Å². The van der Waals surface area contributed by atoms with Gasteiger partial charge in [-0.25, -0.2) is 4.98 Å². The lowest BCUT2D eigenvalue weighted by molar-refractivity contribution is -0.274. The Morgan fingerprint density at radius 1 is 0.973 bits per heavy atom. The second-order valence-electron chi connectivity index (χ2n) is 8.59. The van der Waals surface area contributed by atoms with Crippen LogP contribution in [-0.2, 0) is 26.5 Å². The summed E-state index contributed by atoms with van der Waals surface area (Å²) >= 11 is 0. The summed E-state index contributed by atoms with van der Waals surface area (Å²) in [4.78, 5) is 4.36. The monoisotopic (exact) mass is 512 g/mol. The van der Waals surface area contributed by atoms with Crippen LogP contribution in [0.15, 0.2) is 59.3 Å². The number of rotatable bonds is 11. The van der Waals surface area contributed by atoms with Gasteiger partial charge in [0, 0.05) is 19.3 Å². The number of aryl methyl sites for hydroxylation is 4. The van der Waals surface area contributed by atoms with Crippen molar-refractivity contribution in [2.75, 3.05) is 0 Å². The van der Waals surface area contributed by atoms with E-state index in [4.69, 9.17) is 9.15 Å². The molecule has 0 bridgehead atoms. The van der Waals surface area contributed by atoms with Gasteiger partial charge in [0.1, 0.15) is 30.1 Å². The molecular weight excluding hydrogens is 485 g/mol. The molecule has 0 unspecified atom stereocenters. The number of hydrogen-bond donors (Lipinski definition) is 0. The van der Waals surface area contributed by atoms with Gasteiger partial charge in [0.15, 0.2) is 0 Å². The highest BCUT2D eigenvalue weighted by atomic mass is 19.4. The molecule has 7 nitrogen and oxygen atoms in total. The summed E-state index contributed by atoms with van der Waals surface area (Å²) in [6.07, 6.45) is 6.09. The SMILES string of the molecule is Cc1cc(OCc2coc(C=Cc3ccc(OC(F)(F)F)cc3)n2)ccc1CCCCc1cn(C)nn1. The third-order valence-electron chi connectivity index (χ3n) is 5.58. The maximum atomic E-state index is 12.3. The van der Waals surface area contributed by atoms with Crippen molar-refractivity contribution >= 4 is 12.2 Å². The van der Waals surface area contributed by atoms with Crippen molar-refractivity contribution < 1.29 is 27.1 Å². The molecule has 0 fully saturated rings. The molecule has 2 aromatic heterocycles. The molecule has 4 rings (SSSR count). The lowest BCUT2D eigenvalue weighted by Gasteiger charge is -2.09. The Kier molecular flexibility index (Phi) is 8.27. The van der Waals surface area contributed by atoms with Crippen LogP contribution in [0.25, 0.3) is 12.2 Å². The van der Waals surface area contributed by atoms with Gasteiger partial charge in [0.05, 0.1) is 5.69 Å². The fourth-order valence-corrected chi connectivity index (χ4v) is 3.74. The van der Waals surface area contributed by atoms with Crippen LogP contribution in [0.5, 0.6) is 11.5 Å². The molecule has 0 radical (unpaired) electrons. The van der Waals surface area contributed by atoms with Gasteiger partial charge in [-0.3, -0.25) is 4.68 Å². The maximum Gasteiger partial charge on any atom is 0.573 e. The van der Waals surface area contributed by atoms with Crippen molar-refractivity contribution in [2.24, 2.45) is 7.05 Å². The standard InChI is InChI=1S/C27H27F3N4O3/c1-19-15-25(13-10-21(19)5-3-4-6-22-16-34(2)33-32-22)35-17-23-18-36-26(31-23)14-9-20-7-11-24(12-8-20)37-27(28,29)30/h7-16,18H,3-6,17H2,1-2H3. The van der Waals surface area contributed by atoms with Gasteiger partial charge < -0.3 is 13.9 Å². The van der Waals surface area contributed by atoms with Crippen LogP contribution in [-0.4, -0.2) is 26.3 Å². The zero-order chi connectivity index (χ0) is 26.3. The zero-order valence-electron chi connectivity index (χ0n) is 20.5. The number of unbranched alkanes of at least 4 members (excludes halogenated alkanes) is 1. The Morgan fingerprint density at radius 2 is 1.73 bits per heavy atom. The van der Waals surface area contributed by atoms with E-state index in [1.807, 2.05) is 25.4 Å². The average Bonchev–Trinajstić information content (AvgIpc) is 3.48. The molecule has 10 heteroatoms. The van der Waals surface area contributed by atoms with E-state index in [1.54, 1.807) is 16.8 Å². The highest BCUT2D eigenvalue weighted by Crippen LogP contribution is 2.24. The average molecular weight is 513 g/mol. The largest absolute Gasteiger partial charge is 0.573 e. The summed E-state index contributed by atoms with van der Waals surface area (Å²) in [5, 5.41) is 8.08. The summed E-state index contributed by atoms with van der Waals surface area (Å²) in [5.74, 6) is 0.839. The summed E-state index contributed by atoms with van der Waals surface area (Å²) in [6.45, 7) is 2.32. The molecule has 4 aromatic rings. The molecule has 0 amide bonds. The first-order chi connectivity index (χ1) is 17.7. The van der Waals surface area contributed by atoms with Crippen LogP contribution < -0.4 is 9.47 Å². The van der Waals surface area contributed by atoms with E-state index in [9.17, 15) is 13.2 Å². The van der Waals surface area contributed by atoms with Crippen LogP contribution in [0.2, 0.25) is 0 Å². The lowest BCUT2D eigenvalue weighted by Crippen LogP contribution is -2.16. The van der Waals surface area contributed by atoms with E-state index >= 15 is 0 Å². The van der Waals surface area contributed by atoms with E-state index in [0.29, 0.717) is 17.1 Å². The number of alkyl halides is 3. The fraction of sp³-hybridized carbons (Fsp3) is 0.296. The molecule has 0 spiro atoms. The van der Waals surface area contributed by atoms with Gasteiger partial charge in [-0.05, 0) is 79.6 Å². The first-order valence-corrected chi connectivity index (χ1v) is 11.8. The van der Waals surface area contributed by atoms with Gasteiger partial charge in [-0.15, -0.1) is 18.3 Å². The predicted molar refractivity (Wildman–Crippen MR) is 132 cm³/mol. The molecular formula is C27H27F3N4O3. The third kappa shape index (κ3) is 8.23. The van der Waals surface area contributed by atoms with Crippen LogP contribution in [0, 0.1) is 6.92 Å². The Morgan fingerprint density at radius 3 is 2.43 bits per heavy atom. The molecule has 0 aliphatic heterocycles. The number of oxazole rings is 1. The molecule has 0 saturated heterocycles. The van der Waals surface area contributed by atoms with Crippen LogP contribution in [0.4, 0.5) is 13.2 Å². The van der Waals surface area contributed by atoms with E-state index in [-0.39, 0.29) is 12.4 Å². The molecule has 0 N–H and O–H groups in total. The third-order valence-corrected chi connectivity index (χ3v) is 5.58. The van der Waals surface area contributed by atoms with Crippen molar-refractivity contribution in [2.45, 2.75) is 45.6 Å². The smallest absolute Gasteiger partial charge is 0.487 e. The summed E-state index contributed by atoms with van der Waals surface area (Å²) < 4.78 is 53.7. The Balaban J connectivity index is 1.23. The summed E-state index contributed by atoms with van der Waals surface area (Å²) in [6, 6.07) is 11.6. The molecule has 0 aliphatic carbocycles. The van der Waals surface area contributed by atoms with Gasteiger partial charge in [0.2, 0.25) is 5.89 Å². The van der Waals surface area contributed by atoms with Crippen LogP contribution in [0.3, 0.4) is 0 Å². The first kappa shape index (κ1) is 26.0. The molecule has 0 saturated carbocycles. The lowest BCUT2D eigenvalue weighted by atomic mass is 10.0. The highest BCUT2D eigenvalue weighted by Gasteiger charge is 2.30. The molecule has 0 aliphatic rings. The van der Waals surface area contributed by atoms with Crippen molar-refractivity contribution in [1.29, 1.82) is 0 Å². The highest BCUT2D eigenvalue weighted by molar-refractivity contribution is 5.66. The first-order valence-electron chi connectivity index (χ1n) is 11.8. The minimum Gasteiger partial charge on any atom is -0.487 e. The minimum atomic E-state index is -4.71. The molecule has 37 heavy (non-hydrogen) atoms. The van der Waals surface area contributed by atoms with E-state index in [1.165, 1.54) is 41.7 Å². The molecule has 2 aromatic carbocycles. The van der Waals surface area contributed by atoms with E-state index < -0.39 is 6.36 Å². The van der Waals surface area contributed by atoms with E-state index in [0.717, 1.165) is 37.1 Å².